The largest absolute Gasteiger partial charge is 0.348 e. The second kappa shape index (κ2) is 7.76. The fourth-order valence-corrected chi connectivity index (χ4v) is 2.97. The normalized spacial score (nSPS) is 11.7. The number of thiophene rings is 1. The van der Waals surface area contributed by atoms with Gasteiger partial charge in [0.25, 0.3) is 11.8 Å². The Balaban J connectivity index is 1.56. The molecule has 0 radical (unpaired) electrons. The molecular weight excluding hydrogens is 336 g/mol. The first-order chi connectivity index (χ1) is 12.1. The van der Waals surface area contributed by atoms with Gasteiger partial charge in [0.2, 0.25) is 0 Å². The Morgan fingerprint density at radius 3 is 2.60 bits per heavy atom. The minimum absolute atomic E-state index is 0.0504. The predicted octanol–water partition coefficient (Wildman–Crippen LogP) is 3.02. The maximum Gasteiger partial charge on any atom is 0.265 e. The lowest BCUT2D eigenvalue weighted by molar-refractivity contribution is 0.0935. The van der Waals surface area contributed by atoms with E-state index in [2.05, 4.69) is 15.7 Å². The minimum atomic E-state index is -0.157. The van der Waals surface area contributed by atoms with Crippen LogP contribution in [0.2, 0.25) is 0 Å². The molecule has 0 bridgehead atoms. The standard InChI is InChI=1S/C18H18N4O2S/c1-13(12-22-10-3-9-19-22)20-17(23)14-5-7-15(8-6-14)21-18(24)16-4-2-11-25-16/h2-11,13H,12H2,1H3,(H,20,23)(H,21,24). The van der Waals surface area contributed by atoms with Crippen LogP contribution in [0.5, 0.6) is 0 Å². The van der Waals surface area contributed by atoms with Crippen molar-refractivity contribution >= 4 is 28.8 Å². The van der Waals surface area contributed by atoms with Crippen LogP contribution in [-0.4, -0.2) is 27.6 Å². The van der Waals surface area contributed by atoms with E-state index in [4.69, 9.17) is 0 Å². The van der Waals surface area contributed by atoms with Crippen LogP contribution in [0.15, 0.2) is 60.2 Å². The topological polar surface area (TPSA) is 76.0 Å². The van der Waals surface area contributed by atoms with Crippen molar-refractivity contribution in [2.75, 3.05) is 5.32 Å². The molecule has 2 amide bonds. The van der Waals surface area contributed by atoms with Crippen molar-refractivity contribution in [2.24, 2.45) is 0 Å². The summed E-state index contributed by atoms with van der Waals surface area (Å²) in [6, 6.07) is 12.2. The molecule has 25 heavy (non-hydrogen) atoms. The number of hydrogen-bond acceptors (Lipinski definition) is 4. The Labute approximate surface area is 149 Å². The van der Waals surface area contributed by atoms with Gasteiger partial charge in [-0.05, 0) is 48.7 Å². The molecule has 6 nitrogen and oxygen atoms in total. The van der Waals surface area contributed by atoms with Gasteiger partial charge >= 0.3 is 0 Å². The zero-order valence-corrected chi connectivity index (χ0v) is 14.5. The first-order valence-corrected chi connectivity index (χ1v) is 8.73. The van der Waals surface area contributed by atoms with Crippen LogP contribution in [0.1, 0.15) is 27.0 Å². The number of anilines is 1. The second-order valence-electron chi connectivity index (χ2n) is 5.61. The van der Waals surface area contributed by atoms with E-state index in [1.807, 2.05) is 30.6 Å². The smallest absolute Gasteiger partial charge is 0.265 e. The molecule has 2 aromatic heterocycles. The molecule has 0 aliphatic carbocycles. The van der Waals surface area contributed by atoms with Gasteiger partial charge in [0, 0.05) is 29.7 Å². The average Bonchev–Trinajstić information content (AvgIpc) is 3.29. The van der Waals surface area contributed by atoms with E-state index in [9.17, 15) is 9.59 Å². The number of amides is 2. The van der Waals surface area contributed by atoms with Crippen LogP contribution < -0.4 is 10.6 Å². The van der Waals surface area contributed by atoms with Crippen molar-refractivity contribution in [3.8, 4) is 0 Å². The molecule has 0 fully saturated rings. The maximum atomic E-state index is 12.3. The molecule has 3 rings (SSSR count). The first kappa shape index (κ1) is 16.9. The lowest BCUT2D eigenvalue weighted by atomic mass is 10.2. The monoisotopic (exact) mass is 354 g/mol. The SMILES string of the molecule is CC(Cn1cccn1)NC(=O)c1ccc(NC(=O)c2cccs2)cc1. The van der Waals surface area contributed by atoms with Gasteiger partial charge in [0.05, 0.1) is 11.4 Å². The Bertz CT molecular complexity index is 827. The molecule has 0 saturated heterocycles. The van der Waals surface area contributed by atoms with Gasteiger partial charge in [-0.25, -0.2) is 0 Å². The minimum Gasteiger partial charge on any atom is -0.348 e. The van der Waals surface area contributed by atoms with Crippen LogP contribution >= 0.6 is 11.3 Å². The van der Waals surface area contributed by atoms with E-state index < -0.39 is 0 Å². The zero-order valence-electron chi connectivity index (χ0n) is 13.7. The average molecular weight is 354 g/mol. The fourth-order valence-electron chi connectivity index (χ4n) is 2.35. The number of hydrogen-bond donors (Lipinski definition) is 2. The number of nitrogens with zero attached hydrogens (tertiary/aromatic N) is 2. The highest BCUT2D eigenvalue weighted by atomic mass is 32.1. The van der Waals surface area contributed by atoms with E-state index >= 15 is 0 Å². The fraction of sp³-hybridized carbons (Fsp3) is 0.167. The third-order valence-corrected chi connectivity index (χ3v) is 4.42. The molecular formula is C18H18N4O2S. The first-order valence-electron chi connectivity index (χ1n) is 7.85. The van der Waals surface area contributed by atoms with Crippen LogP contribution in [0.25, 0.3) is 0 Å². The van der Waals surface area contributed by atoms with Crippen molar-refractivity contribution in [1.82, 2.24) is 15.1 Å². The molecule has 2 heterocycles. The van der Waals surface area contributed by atoms with Gasteiger partial charge in [-0.1, -0.05) is 6.07 Å². The molecule has 1 aromatic carbocycles. The molecule has 0 aliphatic heterocycles. The van der Waals surface area contributed by atoms with Crippen molar-refractivity contribution in [2.45, 2.75) is 19.5 Å². The third kappa shape index (κ3) is 4.54. The molecule has 128 valence electrons. The summed E-state index contributed by atoms with van der Waals surface area (Å²) in [7, 11) is 0. The highest BCUT2D eigenvalue weighted by Crippen LogP contribution is 2.14. The van der Waals surface area contributed by atoms with Crippen LogP contribution in [-0.2, 0) is 6.54 Å². The van der Waals surface area contributed by atoms with Crippen molar-refractivity contribution < 1.29 is 9.59 Å². The van der Waals surface area contributed by atoms with E-state index in [0.717, 1.165) is 0 Å². The Hall–Kier alpha value is -2.93. The summed E-state index contributed by atoms with van der Waals surface area (Å²) in [5.74, 6) is -0.309. The lowest BCUT2D eigenvalue weighted by Crippen LogP contribution is -2.35. The van der Waals surface area contributed by atoms with Crippen molar-refractivity contribution in [3.05, 3.63) is 70.7 Å². The highest BCUT2D eigenvalue weighted by Gasteiger charge is 2.11. The molecule has 1 atom stereocenters. The molecule has 0 spiro atoms. The van der Waals surface area contributed by atoms with Crippen molar-refractivity contribution in [3.63, 3.8) is 0 Å². The highest BCUT2D eigenvalue weighted by molar-refractivity contribution is 7.12. The van der Waals surface area contributed by atoms with E-state index in [1.54, 1.807) is 41.2 Å². The van der Waals surface area contributed by atoms with Crippen LogP contribution in [0, 0.1) is 0 Å². The number of aromatic nitrogens is 2. The third-order valence-electron chi connectivity index (χ3n) is 3.55. The summed E-state index contributed by atoms with van der Waals surface area (Å²) >= 11 is 1.38. The number of rotatable bonds is 6. The summed E-state index contributed by atoms with van der Waals surface area (Å²) in [5, 5.41) is 11.7. The Kier molecular flexibility index (Phi) is 5.25. The quantitative estimate of drug-likeness (QED) is 0.714. The Morgan fingerprint density at radius 2 is 1.96 bits per heavy atom. The Morgan fingerprint density at radius 1 is 1.16 bits per heavy atom. The lowest BCUT2D eigenvalue weighted by Gasteiger charge is -2.14. The van der Waals surface area contributed by atoms with Crippen LogP contribution in [0.3, 0.4) is 0 Å². The summed E-state index contributed by atoms with van der Waals surface area (Å²) < 4.78 is 1.77. The summed E-state index contributed by atoms with van der Waals surface area (Å²) in [6.45, 7) is 2.53. The summed E-state index contributed by atoms with van der Waals surface area (Å²) in [4.78, 5) is 24.9. The van der Waals surface area contributed by atoms with Crippen molar-refractivity contribution in [1.29, 1.82) is 0 Å². The molecule has 3 aromatic rings. The van der Waals surface area contributed by atoms with E-state index in [0.29, 0.717) is 22.7 Å². The van der Waals surface area contributed by atoms with Crippen LogP contribution in [0.4, 0.5) is 5.69 Å². The number of benzene rings is 1. The molecule has 1 unspecified atom stereocenters. The summed E-state index contributed by atoms with van der Waals surface area (Å²) in [6.07, 6.45) is 3.56. The number of carbonyl (C=O) groups is 2. The van der Waals surface area contributed by atoms with Gasteiger partial charge in [-0.2, -0.15) is 5.10 Å². The number of nitrogens with one attached hydrogen (secondary N) is 2. The van der Waals surface area contributed by atoms with Gasteiger partial charge in [-0.15, -0.1) is 11.3 Å². The van der Waals surface area contributed by atoms with Gasteiger partial charge in [0.1, 0.15) is 0 Å². The van der Waals surface area contributed by atoms with Gasteiger partial charge in [0.15, 0.2) is 0 Å². The maximum absolute atomic E-state index is 12.3. The summed E-state index contributed by atoms with van der Waals surface area (Å²) in [5.41, 5.74) is 1.20. The molecule has 7 heteroatoms. The van der Waals surface area contributed by atoms with E-state index in [-0.39, 0.29) is 17.9 Å². The van der Waals surface area contributed by atoms with Gasteiger partial charge < -0.3 is 10.6 Å². The molecule has 0 saturated carbocycles. The zero-order chi connectivity index (χ0) is 17.6. The second-order valence-corrected chi connectivity index (χ2v) is 6.56. The molecule has 0 aliphatic rings. The predicted molar refractivity (Wildman–Crippen MR) is 97.9 cm³/mol. The molecule has 2 N–H and O–H groups in total. The van der Waals surface area contributed by atoms with Gasteiger partial charge in [-0.3, -0.25) is 14.3 Å². The number of carbonyl (C=O) groups excluding carboxylic acids is 2. The van der Waals surface area contributed by atoms with E-state index in [1.165, 1.54) is 11.3 Å².